The molecule has 2 N–H and O–H groups in total. The van der Waals surface area contributed by atoms with E-state index in [4.69, 9.17) is 30.8 Å². The molecule has 0 radical (unpaired) electrons. The number of thiazole rings is 1. The van der Waals surface area contributed by atoms with Gasteiger partial charge in [0.15, 0.2) is 22.4 Å². The number of nitrogens with zero attached hydrogens (tertiary/aromatic N) is 4. The Morgan fingerprint density at radius 2 is 1.86 bits per heavy atom. The number of esters is 1. The normalized spacial score (nSPS) is 19.7. The van der Waals surface area contributed by atoms with E-state index in [9.17, 15) is 18.8 Å². The van der Waals surface area contributed by atoms with Crippen LogP contribution in [0.5, 0.6) is 11.5 Å². The summed E-state index contributed by atoms with van der Waals surface area (Å²) >= 11 is 7.85. The number of nitrogens with one attached hydrogen (secondary N) is 2. The van der Waals surface area contributed by atoms with Gasteiger partial charge in [-0.15, -0.1) is 11.3 Å². The number of benzene rings is 3. The molecule has 3 aromatic carbocycles. The number of amidine groups is 1. The Labute approximate surface area is 341 Å². The topological polar surface area (TPSA) is 135 Å². The van der Waals surface area contributed by atoms with Crippen molar-refractivity contribution in [1.29, 1.82) is 0 Å². The van der Waals surface area contributed by atoms with Gasteiger partial charge in [0.25, 0.3) is 5.91 Å². The van der Waals surface area contributed by atoms with Gasteiger partial charge in [-0.05, 0) is 68.3 Å². The van der Waals surface area contributed by atoms with E-state index in [-0.39, 0.29) is 52.8 Å². The van der Waals surface area contributed by atoms with Gasteiger partial charge < -0.3 is 29.7 Å². The number of rotatable bonds is 12. The largest absolute Gasteiger partial charge is 0.466 e. The first-order valence-electron chi connectivity index (χ1n) is 18.4. The summed E-state index contributed by atoms with van der Waals surface area (Å²) in [6.07, 6.45) is 2.00. The molecule has 1 aromatic heterocycles. The lowest BCUT2D eigenvalue weighted by atomic mass is 9.94. The Bertz CT molecular complexity index is 2310. The number of aliphatic imine (C=N–C) groups is 1. The lowest BCUT2D eigenvalue weighted by molar-refractivity contribution is -0.136. The van der Waals surface area contributed by atoms with Crippen LogP contribution >= 0.6 is 22.9 Å². The second kappa shape index (κ2) is 16.9. The predicted octanol–water partition coefficient (Wildman–Crippen LogP) is 6.38. The van der Waals surface area contributed by atoms with Crippen LogP contribution in [0.2, 0.25) is 5.02 Å². The van der Waals surface area contributed by atoms with Crippen LogP contribution in [0.1, 0.15) is 58.7 Å². The van der Waals surface area contributed by atoms with E-state index in [0.29, 0.717) is 53.7 Å². The molecule has 0 saturated carbocycles. The standard InChI is InChI=1S/C41H40ClF3N6O6S/c1-41(2,21-55-3)49-37(52)22-5-8-33(31(45)15-22)57-27-14-23(13-25(44)16-27)29-18-26-19-50(10-11-51(26)39(29)53)20-32-34(40(54)56-4)35(28-7-6-24(43)17-30(28)42)48-36(47-32)38-46-9-12-58-38/h5-9,12-17,26,29,35H,10-11,18-21H2,1-4H3,(H,47,48)(H,49,52)/t26-,29?,35+/m1/s1. The summed E-state index contributed by atoms with van der Waals surface area (Å²) in [5.41, 5.74) is 0.865. The average Bonchev–Trinajstić information content (AvgIpc) is 3.83. The Hall–Kier alpha value is -5.29. The molecule has 3 aliphatic heterocycles. The third-order valence-corrected chi connectivity index (χ3v) is 11.2. The van der Waals surface area contributed by atoms with Crippen LogP contribution in [0, 0.1) is 17.5 Å². The average molecular weight is 837 g/mol. The molecular formula is C41H40ClF3N6O6S. The van der Waals surface area contributed by atoms with Crippen molar-refractivity contribution in [1.82, 2.24) is 25.4 Å². The van der Waals surface area contributed by atoms with Crippen LogP contribution < -0.4 is 15.4 Å². The number of fused-ring (bicyclic) bond motifs is 1. The van der Waals surface area contributed by atoms with Gasteiger partial charge >= 0.3 is 5.97 Å². The van der Waals surface area contributed by atoms with E-state index >= 15 is 8.78 Å². The molecule has 4 heterocycles. The van der Waals surface area contributed by atoms with Gasteiger partial charge in [0.05, 0.1) is 30.7 Å². The third-order valence-electron chi connectivity index (χ3n) is 10.1. The second-order valence-corrected chi connectivity index (χ2v) is 16.1. The molecule has 2 saturated heterocycles. The SMILES string of the molecule is COCC(C)(C)NC(=O)c1ccc(Oc2cc(F)cc(C3C[C@@H]4CN(CC5=C(C(=O)OC)[C@H](c6ccc(F)cc6Cl)N=C(c6nccs6)N5)CCN4C3=O)c2)c(F)c1. The van der Waals surface area contributed by atoms with Gasteiger partial charge in [-0.2, -0.15) is 0 Å². The maximum Gasteiger partial charge on any atom is 0.338 e. The quantitative estimate of drug-likeness (QED) is 0.156. The van der Waals surface area contributed by atoms with Crippen molar-refractivity contribution in [2.45, 2.75) is 43.8 Å². The number of piperazine rings is 1. The number of carbonyl (C=O) groups is 3. The fraction of sp³-hybridized carbons (Fsp3) is 0.341. The summed E-state index contributed by atoms with van der Waals surface area (Å²) in [5.74, 6) is -3.86. The van der Waals surface area contributed by atoms with Gasteiger partial charge in [-0.1, -0.05) is 17.7 Å². The highest BCUT2D eigenvalue weighted by Gasteiger charge is 2.44. The van der Waals surface area contributed by atoms with Crippen molar-refractivity contribution in [2.24, 2.45) is 4.99 Å². The molecule has 0 spiro atoms. The van der Waals surface area contributed by atoms with Crippen molar-refractivity contribution < 1.29 is 41.8 Å². The van der Waals surface area contributed by atoms with Gasteiger partial charge in [0, 0.05) is 78.8 Å². The molecule has 3 aliphatic rings. The first-order valence-corrected chi connectivity index (χ1v) is 19.6. The highest BCUT2D eigenvalue weighted by Crippen LogP contribution is 2.40. The summed E-state index contributed by atoms with van der Waals surface area (Å²) in [6.45, 7) is 5.29. The Morgan fingerprint density at radius 3 is 2.57 bits per heavy atom. The lowest BCUT2D eigenvalue weighted by Gasteiger charge is -2.38. The number of hydrogen-bond donors (Lipinski definition) is 2. The maximum absolute atomic E-state index is 15.2. The van der Waals surface area contributed by atoms with E-state index in [0.717, 1.165) is 18.2 Å². The van der Waals surface area contributed by atoms with Crippen molar-refractivity contribution in [3.8, 4) is 11.5 Å². The van der Waals surface area contributed by atoms with E-state index in [1.54, 1.807) is 30.3 Å². The van der Waals surface area contributed by atoms with Crippen LogP contribution in [0.15, 0.2) is 82.4 Å². The minimum Gasteiger partial charge on any atom is -0.466 e. The zero-order chi connectivity index (χ0) is 41.3. The van der Waals surface area contributed by atoms with Gasteiger partial charge in [-0.25, -0.2) is 22.9 Å². The number of hydrogen-bond acceptors (Lipinski definition) is 11. The number of carbonyl (C=O) groups excluding carboxylic acids is 3. The molecule has 0 aliphatic carbocycles. The monoisotopic (exact) mass is 836 g/mol. The van der Waals surface area contributed by atoms with Crippen molar-refractivity contribution in [3.05, 3.63) is 122 Å². The summed E-state index contributed by atoms with van der Waals surface area (Å²) in [6, 6.07) is 10.4. The highest BCUT2D eigenvalue weighted by molar-refractivity contribution is 7.11. The number of amides is 2. The summed E-state index contributed by atoms with van der Waals surface area (Å²) in [5, 5.41) is 8.54. The van der Waals surface area contributed by atoms with Crippen molar-refractivity contribution in [3.63, 3.8) is 0 Å². The first kappa shape index (κ1) is 40.9. The predicted molar refractivity (Wildman–Crippen MR) is 211 cm³/mol. The fourth-order valence-electron chi connectivity index (χ4n) is 7.57. The van der Waals surface area contributed by atoms with E-state index in [2.05, 4.69) is 20.5 Å². The van der Waals surface area contributed by atoms with Crippen LogP contribution in [-0.2, 0) is 19.1 Å². The highest BCUT2D eigenvalue weighted by atomic mass is 35.5. The Balaban J connectivity index is 1.08. The minimum atomic E-state index is -0.928. The van der Waals surface area contributed by atoms with E-state index in [1.165, 1.54) is 62.0 Å². The molecule has 3 atom stereocenters. The minimum absolute atomic E-state index is 0.00853. The zero-order valence-corrected chi connectivity index (χ0v) is 33.6. The Morgan fingerprint density at radius 1 is 1.05 bits per heavy atom. The molecule has 0 bridgehead atoms. The molecule has 17 heteroatoms. The second-order valence-electron chi connectivity index (χ2n) is 14.8. The molecule has 2 fully saturated rings. The third kappa shape index (κ3) is 8.74. The molecule has 7 rings (SSSR count). The van der Waals surface area contributed by atoms with Crippen molar-refractivity contribution >= 4 is 46.6 Å². The van der Waals surface area contributed by atoms with Gasteiger partial charge in [-0.3, -0.25) is 19.5 Å². The summed E-state index contributed by atoms with van der Waals surface area (Å²) in [7, 11) is 2.78. The van der Waals surface area contributed by atoms with Crippen LogP contribution in [0.4, 0.5) is 13.2 Å². The number of ether oxygens (including phenoxy) is 3. The zero-order valence-electron chi connectivity index (χ0n) is 32.0. The smallest absolute Gasteiger partial charge is 0.338 e. The van der Waals surface area contributed by atoms with Crippen LogP contribution in [0.3, 0.4) is 0 Å². The van der Waals surface area contributed by atoms with Gasteiger partial charge in [0.2, 0.25) is 5.91 Å². The summed E-state index contributed by atoms with van der Waals surface area (Å²) in [4.78, 5) is 53.0. The van der Waals surface area contributed by atoms with Crippen LogP contribution in [0.25, 0.3) is 0 Å². The summed E-state index contributed by atoms with van der Waals surface area (Å²) < 4.78 is 60.5. The van der Waals surface area contributed by atoms with Gasteiger partial charge in [0.1, 0.15) is 23.4 Å². The number of halogens is 4. The molecule has 12 nitrogen and oxygen atoms in total. The first-order chi connectivity index (χ1) is 27.7. The molecule has 58 heavy (non-hydrogen) atoms. The molecule has 4 aromatic rings. The van der Waals surface area contributed by atoms with E-state index < -0.39 is 46.8 Å². The molecule has 2 amide bonds. The number of methoxy groups -OCH3 is 2. The van der Waals surface area contributed by atoms with Crippen LogP contribution in [-0.4, -0.2) is 97.0 Å². The molecular weight excluding hydrogens is 797 g/mol. The Kier molecular flexibility index (Phi) is 11.9. The molecule has 1 unspecified atom stereocenters. The van der Waals surface area contributed by atoms with E-state index in [1.807, 2.05) is 0 Å². The van der Waals surface area contributed by atoms with Crippen molar-refractivity contribution in [2.75, 3.05) is 47.0 Å². The fourth-order valence-corrected chi connectivity index (χ4v) is 8.43. The number of aromatic nitrogens is 1. The molecule has 304 valence electrons. The maximum atomic E-state index is 15.2. The lowest BCUT2D eigenvalue weighted by Crippen LogP contribution is -2.53.